The Morgan fingerprint density at radius 3 is 0.855 bits per heavy atom. The summed E-state index contributed by atoms with van der Waals surface area (Å²) in [6, 6.07) is 46.5. The quantitative estimate of drug-likeness (QED) is 0.0804. The number of aromatic nitrogens is 4. The SMILES string of the molecule is CC(C)CCc1ccc(-c2ccc(-c3ccc(-c4ccc(-c5ccc(C(C)(C)CC(C)(C)c6ccc(-c7ccc(-c8ccc(-c9ccc(-c%10ccc(CCC(C)C)cc%10F)s9)c9nsnc89)s7)c(F)c6)cc5F)s4)c4nsnc34)s2)c(F)c1. The van der Waals surface area contributed by atoms with Gasteiger partial charge in [0, 0.05) is 83.5 Å². The molecule has 6 aromatic heterocycles. The van der Waals surface area contributed by atoms with Gasteiger partial charge in [0.05, 0.1) is 23.5 Å². The average Bonchev–Trinajstić information content (AvgIpc) is 4.33. The van der Waals surface area contributed by atoms with Crippen molar-refractivity contribution < 1.29 is 17.6 Å². The predicted octanol–water partition coefficient (Wildman–Crippen LogP) is 22.7. The second-order valence-corrected chi connectivity index (χ2v) is 29.1. The molecule has 0 bridgehead atoms. The number of fused-ring (bicyclic) bond motifs is 2. The van der Waals surface area contributed by atoms with Gasteiger partial charge < -0.3 is 0 Å². The molecule has 0 saturated heterocycles. The number of hydrogen-bond donors (Lipinski definition) is 0. The highest BCUT2D eigenvalue weighted by Crippen LogP contribution is 2.47. The van der Waals surface area contributed by atoms with Crippen LogP contribution in [0.4, 0.5) is 17.6 Å². The lowest BCUT2D eigenvalue weighted by Crippen LogP contribution is -2.30. The lowest BCUT2D eigenvalue weighted by molar-refractivity contribution is 0.347. The van der Waals surface area contributed by atoms with E-state index < -0.39 is 10.8 Å². The first-order valence-corrected chi connectivity index (χ1v) is 32.7. The van der Waals surface area contributed by atoms with Crippen LogP contribution in [-0.4, -0.2) is 17.5 Å². The van der Waals surface area contributed by atoms with Crippen LogP contribution in [0.25, 0.3) is 106 Å². The third-order valence-corrected chi connectivity index (χ3v) is 21.5. The standard InChI is InChI=1S/C69H60F4N4S6/c1-38(2)9-11-40-13-17-44(52(70)33-40)56-25-29-60(78-56)48-21-23-50(66-64(48)74-82-76-66)62-31-27-58(80-62)46-19-15-42(35-54(46)72)68(5,6)37-69(7,8)43-16-20-47(55(73)36-43)59-28-32-63(81-59)51-24-22-49(65-67(51)77-83-75-65)61-30-26-57(79-61)45-18-14-41(34-53(45)71)12-10-39(3)4/h13-36,38-39H,9-12,37H2,1-8H3. The van der Waals surface area contributed by atoms with Crippen LogP contribution in [-0.2, 0) is 23.7 Å². The molecule has 0 fully saturated rings. The summed E-state index contributed by atoms with van der Waals surface area (Å²) in [7, 11) is 0. The summed E-state index contributed by atoms with van der Waals surface area (Å²) in [6.45, 7) is 17.2. The summed E-state index contributed by atoms with van der Waals surface area (Å²) in [5.74, 6) is 0.102. The van der Waals surface area contributed by atoms with Crippen LogP contribution >= 0.6 is 68.8 Å². The highest BCUT2D eigenvalue weighted by Gasteiger charge is 2.33. The fourth-order valence-electron chi connectivity index (χ4n) is 11.4. The third-order valence-electron chi connectivity index (χ3n) is 15.9. The maximum absolute atomic E-state index is 16.4. The molecule has 0 atom stereocenters. The second-order valence-electron chi connectivity index (χ2n) is 23.7. The number of hydrogen-bond acceptors (Lipinski definition) is 10. The molecule has 0 radical (unpaired) electrons. The Balaban J connectivity index is 0.718. The molecule has 0 amide bonds. The molecule has 83 heavy (non-hydrogen) atoms. The first-order valence-electron chi connectivity index (χ1n) is 28.0. The van der Waals surface area contributed by atoms with E-state index in [-0.39, 0.29) is 23.3 Å². The molecule has 6 aromatic carbocycles. The van der Waals surface area contributed by atoms with E-state index in [4.69, 9.17) is 17.5 Å². The van der Waals surface area contributed by atoms with E-state index in [1.807, 2.05) is 97.1 Å². The van der Waals surface area contributed by atoms with E-state index in [9.17, 15) is 0 Å². The highest BCUT2D eigenvalue weighted by atomic mass is 32.1. The Kier molecular flexibility index (Phi) is 15.9. The van der Waals surface area contributed by atoms with Crippen molar-refractivity contribution in [2.45, 2.75) is 98.3 Å². The zero-order chi connectivity index (χ0) is 57.9. The molecule has 0 aliphatic rings. The smallest absolute Gasteiger partial charge is 0.132 e. The summed E-state index contributed by atoms with van der Waals surface area (Å²) in [5.41, 5.74) is 11.9. The Morgan fingerprint density at radius 2 is 0.590 bits per heavy atom. The van der Waals surface area contributed by atoms with Gasteiger partial charge in [-0.3, -0.25) is 0 Å². The monoisotopic (exact) mass is 1210 g/mol. The molecule has 0 saturated carbocycles. The van der Waals surface area contributed by atoms with E-state index in [1.54, 1.807) is 46.9 Å². The summed E-state index contributed by atoms with van der Waals surface area (Å²) in [5, 5.41) is 0. The fraction of sp³-hybridized carbons (Fsp3) is 0.246. The summed E-state index contributed by atoms with van der Waals surface area (Å²) in [6.07, 6.45) is 4.39. The summed E-state index contributed by atoms with van der Waals surface area (Å²) < 4.78 is 82.6. The van der Waals surface area contributed by atoms with E-state index in [2.05, 4.69) is 79.7 Å². The minimum atomic E-state index is -0.463. The van der Waals surface area contributed by atoms with Gasteiger partial charge in [0.2, 0.25) is 0 Å². The molecule has 6 heterocycles. The normalized spacial score (nSPS) is 12.3. The van der Waals surface area contributed by atoms with Crippen molar-refractivity contribution in [2.24, 2.45) is 11.8 Å². The minimum Gasteiger partial charge on any atom is -0.206 e. The van der Waals surface area contributed by atoms with Crippen molar-refractivity contribution in [2.75, 3.05) is 0 Å². The van der Waals surface area contributed by atoms with Crippen molar-refractivity contribution >= 4 is 90.9 Å². The lowest BCUT2D eigenvalue weighted by Gasteiger charge is -2.36. The van der Waals surface area contributed by atoms with Gasteiger partial charge in [-0.05, 0) is 150 Å². The van der Waals surface area contributed by atoms with Crippen LogP contribution in [0.5, 0.6) is 0 Å². The van der Waals surface area contributed by atoms with Crippen LogP contribution in [0.3, 0.4) is 0 Å². The van der Waals surface area contributed by atoms with Crippen LogP contribution in [0.15, 0.2) is 146 Å². The maximum atomic E-state index is 16.4. The average molecular weight is 1210 g/mol. The van der Waals surface area contributed by atoms with Gasteiger partial charge >= 0.3 is 0 Å². The largest absolute Gasteiger partial charge is 0.206 e. The molecular formula is C69H60F4N4S6. The maximum Gasteiger partial charge on any atom is 0.132 e. The number of halogens is 4. The van der Waals surface area contributed by atoms with Crippen LogP contribution in [0.1, 0.15) is 96.9 Å². The van der Waals surface area contributed by atoms with Gasteiger partial charge in [-0.25, -0.2) is 17.6 Å². The molecule has 14 heteroatoms. The molecule has 0 aliphatic carbocycles. The van der Waals surface area contributed by atoms with Crippen molar-refractivity contribution in [1.82, 2.24) is 17.5 Å². The van der Waals surface area contributed by atoms with Gasteiger partial charge in [-0.2, -0.15) is 17.5 Å². The molecular weight excluding hydrogens is 1150 g/mol. The Labute approximate surface area is 506 Å². The second kappa shape index (κ2) is 23.2. The number of nitrogens with zero attached hydrogens (tertiary/aromatic N) is 4. The van der Waals surface area contributed by atoms with E-state index in [0.29, 0.717) is 40.5 Å². The van der Waals surface area contributed by atoms with E-state index in [0.717, 1.165) is 155 Å². The topological polar surface area (TPSA) is 51.6 Å². The zero-order valence-electron chi connectivity index (χ0n) is 47.3. The fourth-order valence-corrected chi connectivity index (χ4v) is 16.7. The Bertz CT molecular complexity index is 4080. The predicted molar refractivity (Wildman–Crippen MR) is 347 cm³/mol. The number of thiophene rings is 4. The van der Waals surface area contributed by atoms with Gasteiger partial charge in [-0.15, -0.1) is 45.3 Å². The minimum absolute atomic E-state index is 0.207. The molecule has 12 aromatic rings. The van der Waals surface area contributed by atoms with Crippen LogP contribution in [0.2, 0.25) is 0 Å². The van der Waals surface area contributed by atoms with Crippen molar-refractivity contribution in [3.05, 3.63) is 191 Å². The van der Waals surface area contributed by atoms with Gasteiger partial charge in [0.1, 0.15) is 45.3 Å². The molecule has 0 N–H and O–H groups in total. The number of rotatable bonds is 18. The van der Waals surface area contributed by atoms with Crippen molar-refractivity contribution in [3.8, 4) is 83.5 Å². The molecule has 420 valence electrons. The first kappa shape index (κ1) is 56.9. The van der Waals surface area contributed by atoms with Gasteiger partial charge in [0.15, 0.2) is 0 Å². The van der Waals surface area contributed by atoms with E-state index >= 15 is 17.6 Å². The Morgan fingerprint density at radius 1 is 0.337 bits per heavy atom. The highest BCUT2D eigenvalue weighted by molar-refractivity contribution is 7.20. The zero-order valence-corrected chi connectivity index (χ0v) is 52.2. The molecule has 12 rings (SSSR count). The van der Waals surface area contributed by atoms with Crippen LogP contribution in [0, 0.1) is 35.1 Å². The number of aryl methyl sites for hydroxylation is 2. The van der Waals surface area contributed by atoms with Gasteiger partial charge in [0.25, 0.3) is 0 Å². The Hall–Kier alpha value is -6.52. The molecule has 0 aliphatic heterocycles. The van der Waals surface area contributed by atoms with E-state index in [1.165, 1.54) is 22.7 Å². The lowest BCUT2D eigenvalue weighted by atomic mass is 9.68. The molecule has 0 unspecified atom stereocenters. The summed E-state index contributed by atoms with van der Waals surface area (Å²) >= 11 is 8.43. The molecule has 0 spiro atoms. The molecule has 4 nitrogen and oxygen atoms in total. The van der Waals surface area contributed by atoms with Crippen LogP contribution < -0.4 is 0 Å². The number of benzene rings is 6. The summed E-state index contributed by atoms with van der Waals surface area (Å²) in [4.78, 5) is 7.21. The first-order chi connectivity index (χ1) is 39.9. The van der Waals surface area contributed by atoms with Crippen molar-refractivity contribution in [3.63, 3.8) is 0 Å². The van der Waals surface area contributed by atoms with Gasteiger partial charge in [-0.1, -0.05) is 128 Å². The third kappa shape index (κ3) is 11.6. The van der Waals surface area contributed by atoms with Crippen molar-refractivity contribution in [1.29, 1.82) is 0 Å².